The molecule has 2 aromatic rings. The van der Waals surface area contributed by atoms with Gasteiger partial charge in [-0.25, -0.2) is 4.79 Å². The molecule has 2 aromatic carbocycles. The van der Waals surface area contributed by atoms with Gasteiger partial charge in [0.2, 0.25) is 5.75 Å². The van der Waals surface area contributed by atoms with Gasteiger partial charge in [0.05, 0.1) is 21.3 Å². The summed E-state index contributed by atoms with van der Waals surface area (Å²) in [6, 6.07) is 11.1. The first-order valence-electron chi connectivity index (χ1n) is 8.04. The fourth-order valence-electron chi connectivity index (χ4n) is 2.54. The third-order valence-electron chi connectivity index (χ3n) is 3.82. The minimum atomic E-state index is -0.269. The molecule has 0 aliphatic heterocycles. The Labute approximate surface area is 148 Å². The highest BCUT2D eigenvalue weighted by atomic mass is 16.5. The van der Waals surface area contributed by atoms with E-state index in [-0.39, 0.29) is 6.03 Å². The molecule has 2 N–H and O–H groups in total. The second-order valence-corrected chi connectivity index (χ2v) is 5.35. The predicted octanol–water partition coefficient (Wildman–Crippen LogP) is 3.60. The third-order valence-corrected chi connectivity index (χ3v) is 3.82. The third kappa shape index (κ3) is 4.56. The molecule has 0 fully saturated rings. The zero-order valence-electron chi connectivity index (χ0n) is 15.0. The number of methoxy groups -OCH3 is 3. The Bertz CT molecular complexity index is 706. The number of amides is 2. The minimum Gasteiger partial charge on any atom is -0.493 e. The maximum atomic E-state index is 12.2. The number of aryl methyl sites for hydroxylation is 1. The lowest BCUT2D eigenvalue weighted by Gasteiger charge is -2.15. The van der Waals surface area contributed by atoms with Crippen molar-refractivity contribution in [3.8, 4) is 17.2 Å². The molecule has 0 saturated carbocycles. The normalized spacial score (nSPS) is 10.1. The van der Waals surface area contributed by atoms with E-state index in [2.05, 4.69) is 10.6 Å². The molecular formula is C19H24N2O4. The second kappa shape index (κ2) is 8.82. The number of para-hydroxylation sites is 1. The largest absolute Gasteiger partial charge is 0.493 e. The van der Waals surface area contributed by atoms with Crippen LogP contribution in [0.5, 0.6) is 17.2 Å². The summed E-state index contributed by atoms with van der Waals surface area (Å²) in [5.41, 5.74) is 2.74. The average Bonchev–Trinajstić information content (AvgIpc) is 2.65. The summed E-state index contributed by atoms with van der Waals surface area (Å²) < 4.78 is 15.9. The lowest BCUT2D eigenvalue weighted by Crippen LogP contribution is -2.28. The Morgan fingerprint density at radius 3 is 2.20 bits per heavy atom. The molecule has 0 atom stereocenters. The Kier molecular flexibility index (Phi) is 6.51. The Balaban J connectivity index is 2.06. The van der Waals surface area contributed by atoms with Gasteiger partial charge < -0.3 is 24.8 Å². The van der Waals surface area contributed by atoms with Crippen molar-refractivity contribution in [3.05, 3.63) is 47.5 Å². The molecule has 0 radical (unpaired) electrons. The first-order chi connectivity index (χ1) is 12.1. The molecule has 134 valence electrons. The van der Waals surface area contributed by atoms with E-state index in [1.807, 2.05) is 43.3 Å². The molecule has 6 heteroatoms. The van der Waals surface area contributed by atoms with E-state index in [1.54, 1.807) is 21.3 Å². The van der Waals surface area contributed by atoms with Crippen LogP contribution in [0, 0.1) is 0 Å². The molecule has 2 amide bonds. The first-order valence-corrected chi connectivity index (χ1v) is 8.04. The zero-order chi connectivity index (χ0) is 18.2. The number of nitrogens with one attached hydrogen (secondary N) is 2. The molecule has 0 unspecified atom stereocenters. The quantitative estimate of drug-likeness (QED) is 0.805. The van der Waals surface area contributed by atoms with Crippen LogP contribution < -0.4 is 24.8 Å². The Hall–Kier alpha value is -2.89. The highest BCUT2D eigenvalue weighted by Crippen LogP contribution is 2.38. The molecule has 0 spiro atoms. The maximum absolute atomic E-state index is 12.2. The fraction of sp³-hybridized carbons (Fsp3) is 0.316. The summed E-state index contributed by atoms with van der Waals surface area (Å²) in [6.07, 6.45) is 0.851. The molecule has 0 saturated heterocycles. The van der Waals surface area contributed by atoms with E-state index in [4.69, 9.17) is 14.2 Å². The summed E-state index contributed by atoms with van der Waals surface area (Å²) in [5, 5.41) is 5.71. The van der Waals surface area contributed by atoms with Gasteiger partial charge in [-0.05, 0) is 35.7 Å². The Morgan fingerprint density at radius 2 is 1.64 bits per heavy atom. The first kappa shape index (κ1) is 18.4. The highest BCUT2D eigenvalue weighted by Gasteiger charge is 2.13. The van der Waals surface area contributed by atoms with E-state index in [9.17, 15) is 4.79 Å². The average molecular weight is 344 g/mol. The Morgan fingerprint density at radius 1 is 1.00 bits per heavy atom. The number of rotatable bonds is 7. The minimum absolute atomic E-state index is 0.269. The van der Waals surface area contributed by atoms with Crippen molar-refractivity contribution in [3.63, 3.8) is 0 Å². The van der Waals surface area contributed by atoms with E-state index < -0.39 is 0 Å². The van der Waals surface area contributed by atoms with Gasteiger partial charge in [-0.15, -0.1) is 0 Å². The number of ether oxygens (including phenoxy) is 3. The van der Waals surface area contributed by atoms with Gasteiger partial charge >= 0.3 is 6.03 Å². The topological polar surface area (TPSA) is 68.8 Å². The smallest absolute Gasteiger partial charge is 0.319 e. The van der Waals surface area contributed by atoms with Gasteiger partial charge in [0, 0.05) is 12.2 Å². The van der Waals surface area contributed by atoms with E-state index >= 15 is 0 Å². The zero-order valence-corrected chi connectivity index (χ0v) is 15.0. The van der Waals surface area contributed by atoms with Crippen LogP contribution in [-0.4, -0.2) is 27.4 Å². The molecule has 0 heterocycles. The number of anilines is 1. The van der Waals surface area contributed by atoms with Crippen LogP contribution in [0.4, 0.5) is 10.5 Å². The van der Waals surface area contributed by atoms with Crippen LogP contribution in [0.15, 0.2) is 36.4 Å². The predicted molar refractivity (Wildman–Crippen MR) is 97.8 cm³/mol. The molecule has 2 rings (SSSR count). The van der Waals surface area contributed by atoms with Crippen LogP contribution in [0.3, 0.4) is 0 Å². The molecule has 25 heavy (non-hydrogen) atoms. The van der Waals surface area contributed by atoms with Crippen molar-refractivity contribution in [2.75, 3.05) is 26.6 Å². The highest BCUT2D eigenvalue weighted by molar-refractivity contribution is 5.90. The van der Waals surface area contributed by atoms with E-state index in [0.29, 0.717) is 23.8 Å². The lowest BCUT2D eigenvalue weighted by molar-refractivity contribution is 0.251. The van der Waals surface area contributed by atoms with Crippen molar-refractivity contribution in [2.45, 2.75) is 19.9 Å². The summed E-state index contributed by atoms with van der Waals surface area (Å²) in [6.45, 7) is 2.38. The van der Waals surface area contributed by atoms with E-state index in [1.165, 1.54) is 0 Å². The van der Waals surface area contributed by atoms with Gasteiger partial charge in [0.15, 0.2) is 11.5 Å². The second-order valence-electron chi connectivity index (χ2n) is 5.35. The summed E-state index contributed by atoms with van der Waals surface area (Å²) in [4.78, 5) is 12.2. The van der Waals surface area contributed by atoms with Crippen LogP contribution in [-0.2, 0) is 13.0 Å². The molecule has 0 aliphatic carbocycles. The van der Waals surface area contributed by atoms with Gasteiger partial charge in [0.1, 0.15) is 0 Å². The standard InChI is InChI=1S/C19H24N2O4/c1-5-14-8-6-7-9-15(14)21-19(22)20-12-13-10-16(23-2)18(25-4)17(11-13)24-3/h6-11H,5,12H2,1-4H3,(H2,20,21,22). The van der Waals surface area contributed by atoms with Crippen molar-refractivity contribution >= 4 is 11.7 Å². The van der Waals surface area contributed by atoms with Crippen LogP contribution >= 0.6 is 0 Å². The number of carbonyl (C=O) groups excluding carboxylic acids is 1. The lowest BCUT2D eigenvalue weighted by atomic mass is 10.1. The van der Waals surface area contributed by atoms with Gasteiger partial charge in [0.25, 0.3) is 0 Å². The van der Waals surface area contributed by atoms with Crippen LogP contribution in [0.2, 0.25) is 0 Å². The molecule has 0 aromatic heterocycles. The van der Waals surface area contributed by atoms with Crippen molar-refractivity contribution in [1.82, 2.24) is 5.32 Å². The summed E-state index contributed by atoms with van der Waals surface area (Å²) in [5.74, 6) is 1.63. The number of urea groups is 1. The summed E-state index contributed by atoms with van der Waals surface area (Å²) in [7, 11) is 4.67. The number of carbonyl (C=O) groups is 1. The van der Waals surface area contributed by atoms with Gasteiger partial charge in [-0.1, -0.05) is 25.1 Å². The molecular weight excluding hydrogens is 320 g/mol. The SMILES string of the molecule is CCc1ccccc1NC(=O)NCc1cc(OC)c(OC)c(OC)c1. The number of hydrogen-bond donors (Lipinski definition) is 2. The maximum Gasteiger partial charge on any atom is 0.319 e. The fourth-order valence-corrected chi connectivity index (χ4v) is 2.54. The molecule has 6 nitrogen and oxygen atoms in total. The van der Waals surface area contributed by atoms with Crippen molar-refractivity contribution in [2.24, 2.45) is 0 Å². The van der Waals surface area contributed by atoms with Gasteiger partial charge in [-0.3, -0.25) is 0 Å². The molecule has 0 aliphatic rings. The monoisotopic (exact) mass is 344 g/mol. The van der Waals surface area contributed by atoms with Crippen molar-refractivity contribution < 1.29 is 19.0 Å². The van der Waals surface area contributed by atoms with Crippen molar-refractivity contribution in [1.29, 1.82) is 0 Å². The number of hydrogen-bond acceptors (Lipinski definition) is 4. The summed E-state index contributed by atoms with van der Waals surface area (Å²) >= 11 is 0. The van der Waals surface area contributed by atoms with E-state index in [0.717, 1.165) is 23.2 Å². The molecule has 0 bridgehead atoms. The van der Waals surface area contributed by atoms with Gasteiger partial charge in [-0.2, -0.15) is 0 Å². The number of benzene rings is 2. The van der Waals surface area contributed by atoms with Crippen LogP contribution in [0.1, 0.15) is 18.1 Å². The van der Waals surface area contributed by atoms with Crippen LogP contribution in [0.25, 0.3) is 0 Å².